The van der Waals surface area contributed by atoms with Crippen LogP contribution < -0.4 is 10.4 Å². The first kappa shape index (κ1) is 17.3. The summed E-state index contributed by atoms with van der Waals surface area (Å²) >= 11 is 5.90. The van der Waals surface area contributed by atoms with Gasteiger partial charge in [0.2, 0.25) is 0 Å². The summed E-state index contributed by atoms with van der Waals surface area (Å²) < 4.78 is 24.1. The molecule has 0 N–H and O–H groups in total. The highest BCUT2D eigenvalue weighted by molar-refractivity contribution is 6.30. The van der Waals surface area contributed by atoms with Gasteiger partial charge in [-0.2, -0.15) is 0 Å². The molecule has 1 heterocycles. The lowest BCUT2D eigenvalue weighted by atomic mass is 10.1. The Morgan fingerprint density at radius 2 is 1.67 bits per heavy atom. The Balaban J connectivity index is 1.61. The van der Waals surface area contributed by atoms with Gasteiger partial charge in [0.1, 0.15) is 23.8 Å². The highest BCUT2D eigenvalue weighted by atomic mass is 35.5. The van der Waals surface area contributed by atoms with Gasteiger partial charge in [-0.15, -0.1) is 0 Å². The summed E-state index contributed by atoms with van der Waals surface area (Å²) in [5, 5.41) is 1.39. The number of ether oxygens (including phenoxy) is 1. The largest absolute Gasteiger partial charge is 0.489 e. The second-order valence-electron chi connectivity index (χ2n) is 6.07. The molecule has 0 saturated carbocycles. The molecule has 0 fully saturated rings. The fraction of sp³-hybridized carbons (Fsp3) is 0.0455. The van der Waals surface area contributed by atoms with Crippen molar-refractivity contribution < 1.29 is 13.5 Å². The van der Waals surface area contributed by atoms with E-state index in [9.17, 15) is 9.18 Å². The lowest BCUT2D eigenvalue weighted by Gasteiger charge is -2.08. The molecular weight excluding hydrogens is 367 g/mol. The molecule has 0 amide bonds. The van der Waals surface area contributed by atoms with Crippen molar-refractivity contribution in [2.75, 3.05) is 0 Å². The topological polar surface area (TPSA) is 39.4 Å². The van der Waals surface area contributed by atoms with Crippen LogP contribution in [0.5, 0.6) is 5.75 Å². The van der Waals surface area contributed by atoms with Gasteiger partial charge in [0.15, 0.2) is 0 Å². The van der Waals surface area contributed by atoms with E-state index < -0.39 is 5.63 Å². The van der Waals surface area contributed by atoms with Crippen molar-refractivity contribution in [2.45, 2.75) is 6.61 Å². The second-order valence-corrected chi connectivity index (χ2v) is 6.51. The zero-order valence-electron chi connectivity index (χ0n) is 14.1. The van der Waals surface area contributed by atoms with Crippen molar-refractivity contribution >= 4 is 22.6 Å². The van der Waals surface area contributed by atoms with Crippen LogP contribution in [0.4, 0.5) is 4.39 Å². The first-order valence-corrected chi connectivity index (χ1v) is 8.67. The van der Waals surface area contributed by atoms with E-state index in [-0.39, 0.29) is 5.82 Å². The summed E-state index contributed by atoms with van der Waals surface area (Å²) in [4.78, 5) is 12.4. The highest BCUT2D eigenvalue weighted by Crippen LogP contribution is 2.25. The predicted octanol–water partition coefficient (Wildman–Crippen LogP) is 5.83. The summed E-state index contributed by atoms with van der Waals surface area (Å²) in [6.45, 7) is 0.291. The van der Waals surface area contributed by atoms with Crippen LogP contribution >= 0.6 is 11.6 Å². The van der Waals surface area contributed by atoms with Crippen LogP contribution in [-0.2, 0) is 6.61 Å². The van der Waals surface area contributed by atoms with E-state index in [1.165, 1.54) is 12.1 Å². The molecule has 3 aromatic carbocycles. The van der Waals surface area contributed by atoms with Crippen LogP contribution in [-0.4, -0.2) is 0 Å². The molecule has 1 aromatic heterocycles. The summed E-state index contributed by atoms with van der Waals surface area (Å²) in [5.74, 6) is 0.275. The number of halogens is 2. The molecule has 134 valence electrons. The quantitative estimate of drug-likeness (QED) is 0.418. The van der Waals surface area contributed by atoms with Crippen molar-refractivity contribution in [1.82, 2.24) is 0 Å². The minimum Gasteiger partial charge on any atom is -0.489 e. The van der Waals surface area contributed by atoms with Crippen molar-refractivity contribution in [1.29, 1.82) is 0 Å². The highest BCUT2D eigenvalue weighted by Gasteiger charge is 2.09. The Kier molecular flexibility index (Phi) is 4.65. The minimum absolute atomic E-state index is 0.289. The minimum atomic E-state index is -0.430. The van der Waals surface area contributed by atoms with Gasteiger partial charge < -0.3 is 9.15 Å². The smallest absolute Gasteiger partial charge is 0.344 e. The maximum Gasteiger partial charge on any atom is 0.344 e. The SMILES string of the molecule is O=c1oc2cc(OCc3ccc(F)cc3)ccc2cc1-c1ccc(Cl)cc1. The average Bonchev–Trinajstić information content (AvgIpc) is 2.68. The van der Waals surface area contributed by atoms with Gasteiger partial charge in [0.05, 0.1) is 5.56 Å². The van der Waals surface area contributed by atoms with Gasteiger partial charge in [-0.3, -0.25) is 0 Å². The molecule has 0 aliphatic carbocycles. The van der Waals surface area contributed by atoms with E-state index in [1.54, 1.807) is 54.6 Å². The molecule has 4 aromatic rings. The molecule has 0 atom stereocenters. The van der Waals surface area contributed by atoms with Crippen LogP contribution in [0.15, 0.2) is 82.0 Å². The van der Waals surface area contributed by atoms with Crippen LogP contribution in [0.25, 0.3) is 22.1 Å². The number of fused-ring (bicyclic) bond motifs is 1. The molecule has 0 aliphatic rings. The Morgan fingerprint density at radius 1 is 0.926 bits per heavy atom. The van der Waals surface area contributed by atoms with Crippen molar-refractivity contribution in [2.24, 2.45) is 0 Å². The molecule has 4 rings (SSSR count). The van der Waals surface area contributed by atoms with E-state index in [2.05, 4.69) is 0 Å². The van der Waals surface area contributed by atoms with Gasteiger partial charge in [-0.05, 0) is 53.6 Å². The van der Waals surface area contributed by atoms with E-state index in [1.807, 2.05) is 6.07 Å². The number of benzene rings is 3. The Hall–Kier alpha value is -3.11. The number of hydrogen-bond acceptors (Lipinski definition) is 3. The zero-order valence-corrected chi connectivity index (χ0v) is 14.9. The van der Waals surface area contributed by atoms with Gasteiger partial charge >= 0.3 is 5.63 Å². The summed E-state index contributed by atoms with van der Waals surface area (Å²) in [5.41, 5.74) is 2.07. The molecule has 0 bridgehead atoms. The first-order valence-electron chi connectivity index (χ1n) is 8.29. The number of hydrogen-bond donors (Lipinski definition) is 0. The predicted molar refractivity (Wildman–Crippen MR) is 104 cm³/mol. The molecule has 0 unspecified atom stereocenters. The van der Waals surface area contributed by atoms with Crippen LogP contribution in [0.1, 0.15) is 5.56 Å². The maximum atomic E-state index is 12.9. The standard InChI is InChI=1S/C22H14ClFO3/c23-17-6-3-15(4-7-17)20-11-16-5-10-19(12-21(16)27-22(20)25)26-13-14-1-8-18(24)9-2-14/h1-12H,13H2. The van der Waals surface area contributed by atoms with Gasteiger partial charge in [-0.25, -0.2) is 9.18 Å². The third kappa shape index (κ3) is 3.86. The molecule has 0 aliphatic heterocycles. The Bertz CT molecular complexity index is 1150. The monoisotopic (exact) mass is 380 g/mol. The zero-order chi connectivity index (χ0) is 18.8. The Labute approximate surface area is 159 Å². The lowest BCUT2D eigenvalue weighted by Crippen LogP contribution is -2.03. The molecule has 0 spiro atoms. The van der Waals surface area contributed by atoms with Gasteiger partial charge in [-0.1, -0.05) is 35.9 Å². The molecule has 5 heteroatoms. The first-order chi connectivity index (χ1) is 13.1. The van der Waals surface area contributed by atoms with E-state index in [0.717, 1.165) is 16.5 Å². The van der Waals surface area contributed by atoms with Crippen molar-refractivity contribution in [3.8, 4) is 16.9 Å². The van der Waals surface area contributed by atoms with Crippen molar-refractivity contribution in [3.63, 3.8) is 0 Å². The normalized spacial score (nSPS) is 10.9. The fourth-order valence-electron chi connectivity index (χ4n) is 2.76. The molecular formula is C22H14ClFO3. The third-order valence-electron chi connectivity index (χ3n) is 4.18. The molecule has 0 saturated heterocycles. The van der Waals surface area contributed by atoms with E-state index in [0.29, 0.717) is 28.5 Å². The van der Waals surface area contributed by atoms with Gasteiger partial charge in [0.25, 0.3) is 0 Å². The second kappa shape index (κ2) is 7.25. The lowest BCUT2D eigenvalue weighted by molar-refractivity contribution is 0.306. The van der Waals surface area contributed by atoms with E-state index in [4.69, 9.17) is 20.8 Å². The van der Waals surface area contributed by atoms with Gasteiger partial charge in [0, 0.05) is 16.5 Å². The average molecular weight is 381 g/mol. The molecule has 3 nitrogen and oxygen atoms in total. The summed E-state index contributed by atoms with van der Waals surface area (Å²) in [7, 11) is 0. The fourth-order valence-corrected chi connectivity index (χ4v) is 2.89. The third-order valence-corrected chi connectivity index (χ3v) is 4.43. The molecule has 27 heavy (non-hydrogen) atoms. The van der Waals surface area contributed by atoms with E-state index >= 15 is 0 Å². The number of rotatable bonds is 4. The van der Waals surface area contributed by atoms with Crippen LogP contribution in [0, 0.1) is 5.82 Å². The Morgan fingerprint density at radius 3 is 2.41 bits per heavy atom. The van der Waals surface area contributed by atoms with Crippen molar-refractivity contribution in [3.05, 3.63) is 99.6 Å². The summed E-state index contributed by atoms with van der Waals surface area (Å²) in [6, 6.07) is 20.2. The van der Waals surface area contributed by atoms with Crippen LogP contribution in [0.2, 0.25) is 5.02 Å². The maximum absolute atomic E-state index is 12.9. The molecule has 0 radical (unpaired) electrons. The van der Waals surface area contributed by atoms with Crippen LogP contribution in [0.3, 0.4) is 0 Å². The summed E-state index contributed by atoms with van der Waals surface area (Å²) in [6.07, 6.45) is 0.